The first-order chi connectivity index (χ1) is 10.2. The van der Waals surface area contributed by atoms with Gasteiger partial charge in [-0.25, -0.2) is 0 Å². The maximum atomic E-state index is 7.74. The van der Waals surface area contributed by atoms with Crippen molar-refractivity contribution in [3.63, 3.8) is 0 Å². The van der Waals surface area contributed by atoms with Crippen LogP contribution in [0.4, 0.5) is 0 Å². The van der Waals surface area contributed by atoms with E-state index in [0.29, 0.717) is 51.2 Å². The van der Waals surface area contributed by atoms with Crippen molar-refractivity contribution in [1.82, 2.24) is 5.32 Å². The van der Waals surface area contributed by atoms with E-state index in [2.05, 4.69) is 26.1 Å². The summed E-state index contributed by atoms with van der Waals surface area (Å²) in [6, 6.07) is 0. The largest absolute Gasteiger partial charge is 0.379 e. The lowest BCUT2D eigenvalue weighted by molar-refractivity contribution is 0.0203. The fourth-order valence-electron chi connectivity index (χ4n) is 1.56. The van der Waals surface area contributed by atoms with Crippen LogP contribution >= 0.6 is 0 Å². The molecule has 5 heteroatoms. The lowest BCUT2D eigenvalue weighted by Gasteiger charge is -2.09. The van der Waals surface area contributed by atoms with Gasteiger partial charge in [0, 0.05) is 18.9 Å². The van der Waals surface area contributed by atoms with E-state index in [4.69, 9.17) is 19.6 Å². The summed E-state index contributed by atoms with van der Waals surface area (Å²) in [6.07, 6.45) is 3.41. The first-order valence-electron chi connectivity index (χ1n) is 8.17. The second-order valence-corrected chi connectivity index (χ2v) is 5.59. The molecule has 0 aliphatic rings. The predicted octanol–water partition coefficient (Wildman–Crippen LogP) is 2.49. The van der Waals surface area contributed by atoms with Crippen molar-refractivity contribution < 1.29 is 14.2 Å². The highest BCUT2D eigenvalue weighted by Gasteiger charge is 1.98. The minimum atomic E-state index is 0.380. The summed E-state index contributed by atoms with van der Waals surface area (Å²) in [4.78, 5) is 0. The zero-order valence-electron chi connectivity index (χ0n) is 14.1. The van der Waals surface area contributed by atoms with E-state index < -0.39 is 0 Å². The molecule has 0 atom stereocenters. The van der Waals surface area contributed by atoms with Gasteiger partial charge in [0.05, 0.1) is 33.0 Å². The van der Waals surface area contributed by atoms with Gasteiger partial charge >= 0.3 is 0 Å². The summed E-state index contributed by atoms with van der Waals surface area (Å²) >= 11 is 0. The molecule has 0 amide bonds. The van der Waals surface area contributed by atoms with Gasteiger partial charge in [-0.1, -0.05) is 27.2 Å². The number of ether oxygens (including phenoxy) is 3. The van der Waals surface area contributed by atoms with Gasteiger partial charge in [-0.05, 0) is 25.3 Å². The second kappa shape index (κ2) is 15.9. The van der Waals surface area contributed by atoms with Crippen molar-refractivity contribution in [1.29, 1.82) is 5.41 Å². The standard InChI is InChI=1S/C16H34N2O3/c1-4-5-8-19-9-10-20-11-12-21-14-16(17)13-18-7-6-15(2)3/h15,17-18H,4-14H2,1-3H3. The van der Waals surface area contributed by atoms with Gasteiger partial charge in [0.2, 0.25) is 0 Å². The predicted molar refractivity (Wildman–Crippen MR) is 87.4 cm³/mol. The first-order valence-corrected chi connectivity index (χ1v) is 8.17. The molecule has 0 aliphatic carbocycles. The van der Waals surface area contributed by atoms with Gasteiger partial charge in [-0.15, -0.1) is 0 Å². The van der Waals surface area contributed by atoms with E-state index in [9.17, 15) is 0 Å². The smallest absolute Gasteiger partial charge is 0.0855 e. The van der Waals surface area contributed by atoms with Crippen molar-refractivity contribution in [2.45, 2.75) is 40.0 Å². The van der Waals surface area contributed by atoms with Crippen LogP contribution in [0.15, 0.2) is 0 Å². The molecular weight excluding hydrogens is 268 g/mol. The molecule has 0 aromatic carbocycles. The normalized spacial score (nSPS) is 11.2. The van der Waals surface area contributed by atoms with Crippen LogP contribution in [0.25, 0.3) is 0 Å². The Kier molecular flexibility index (Phi) is 15.5. The average Bonchev–Trinajstić information content (AvgIpc) is 2.45. The molecular formula is C16H34N2O3. The third kappa shape index (κ3) is 17.5. The van der Waals surface area contributed by atoms with E-state index in [0.717, 1.165) is 32.4 Å². The van der Waals surface area contributed by atoms with E-state index in [1.807, 2.05) is 0 Å². The topological polar surface area (TPSA) is 63.6 Å². The van der Waals surface area contributed by atoms with Crippen LogP contribution < -0.4 is 5.32 Å². The first kappa shape index (κ1) is 20.5. The molecule has 0 fully saturated rings. The Morgan fingerprint density at radius 1 is 1.00 bits per heavy atom. The fourth-order valence-corrected chi connectivity index (χ4v) is 1.56. The van der Waals surface area contributed by atoms with E-state index in [1.54, 1.807) is 0 Å². The molecule has 0 saturated carbocycles. The summed E-state index contributed by atoms with van der Waals surface area (Å²) < 4.78 is 16.2. The molecule has 5 nitrogen and oxygen atoms in total. The summed E-state index contributed by atoms with van der Waals surface area (Å²) in [5, 5.41) is 11.0. The Hall–Kier alpha value is -0.490. The Bertz CT molecular complexity index is 236. The number of nitrogens with one attached hydrogen (secondary N) is 2. The molecule has 0 aliphatic heterocycles. The van der Waals surface area contributed by atoms with Crippen LogP contribution in [-0.2, 0) is 14.2 Å². The van der Waals surface area contributed by atoms with Gasteiger partial charge in [-0.3, -0.25) is 0 Å². The summed E-state index contributed by atoms with van der Waals surface area (Å²) in [7, 11) is 0. The van der Waals surface area contributed by atoms with Gasteiger partial charge in [0.1, 0.15) is 0 Å². The van der Waals surface area contributed by atoms with Crippen molar-refractivity contribution in [2.75, 3.05) is 52.7 Å². The Balaban J connectivity index is 3.14. The highest BCUT2D eigenvalue weighted by Crippen LogP contribution is 1.95. The van der Waals surface area contributed by atoms with Gasteiger partial charge in [0.15, 0.2) is 0 Å². The van der Waals surface area contributed by atoms with Crippen LogP contribution in [0.2, 0.25) is 0 Å². The lowest BCUT2D eigenvalue weighted by atomic mass is 10.1. The van der Waals surface area contributed by atoms with Gasteiger partial charge in [0.25, 0.3) is 0 Å². The van der Waals surface area contributed by atoms with E-state index >= 15 is 0 Å². The zero-order valence-corrected chi connectivity index (χ0v) is 14.1. The van der Waals surface area contributed by atoms with Crippen LogP contribution in [0.3, 0.4) is 0 Å². The molecule has 0 aromatic rings. The van der Waals surface area contributed by atoms with Crippen LogP contribution in [-0.4, -0.2) is 58.4 Å². The fraction of sp³-hybridized carbons (Fsp3) is 0.938. The van der Waals surface area contributed by atoms with Gasteiger partial charge in [-0.2, -0.15) is 0 Å². The number of hydrogen-bond acceptors (Lipinski definition) is 5. The zero-order chi connectivity index (χ0) is 15.8. The third-order valence-electron chi connectivity index (χ3n) is 2.90. The lowest BCUT2D eigenvalue weighted by Crippen LogP contribution is -2.27. The maximum Gasteiger partial charge on any atom is 0.0855 e. The Labute approximate surface area is 130 Å². The van der Waals surface area contributed by atoms with Crippen molar-refractivity contribution in [3.05, 3.63) is 0 Å². The Morgan fingerprint density at radius 2 is 1.62 bits per heavy atom. The highest BCUT2D eigenvalue weighted by molar-refractivity contribution is 5.84. The minimum Gasteiger partial charge on any atom is -0.379 e. The highest BCUT2D eigenvalue weighted by atomic mass is 16.5. The maximum absolute atomic E-state index is 7.74. The monoisotopic (exact) mass is 302 g/mol. The molecule has 0 unspecified atom stereocenters. The van der Waals surface area contributed by atoms with Crippen LogP contribution in [0.1, 0.15) is 40.0 Å². The molecule has 0 spiro atoms. The molecule has 0 aromatic heterocycles. The van der Waals surface area contributed by atoms with Crippen LogP contribution in [0, 0.1) is 11.3 Å². The van der Waals surface area contributed by atoms with Gasteiger partial charge < -0.3 is 24.9 Å². The molecule has 0 radical (unpaired) electrons. The second-order valence-electron chi connectivity index (χ2n) is 5.59. The van der Waals surface area contributed by atoms with Crippen molar-refractivity contribution in [3.8, 4) is 0 Å². The molecule has 126 valence electrons. The SMILES string of the molecule is CCCCOCCOCCOCC(=N)CNCCC(C)C. The molecule has 0 bridgehead atoms. The molecule has 2 N–H and O–H groups in total. The van der Waals surface area contributed by atoms with E-state index in [1.165, 1.54) is 0 Å². The minimum absolute atomic E-state index is 0.380. The van der Waals surface area contributed by atoms with Crippen molar-refractivity contribution in [2.24, 2.45) is 5.92 Å². The number of unbranched alkanes of at least 4 members (excludes halogenated alkanes) is 1. The molecule has 0 heterocycles. The molecule has 0 rings (SSSR count). The van der Waals surface area contributed by atoms with Crippen LogP contribution in [0.5, 0.6) is 0 Å². The summed E-state index contributed by atoms with van der Waals surface area (Å²) in [5.74, 6) is 0.700. The summed E-state index contributed by atoms with van der Waals surface area (Å²) in [5.41, 5.74) is 0.585. The van der Waals surface area contributed by atoms with E-state index in [-0.39, 0.29) is 0 Å². The molecule has 21 heavy (non-hydrogen) atoms. The number of rotatable bonds is 16. The number of hydrogen-bond donors (Lipinski definition) is 2. The van der Waals surface area contributed by atoms with Crippen molar-refractivity contribution >= 4 is 5.71 Å². The quantitative estimate of drug-likeness (QED) is 0.340. The Morgan fingerprint density at radius 3 is 2.24 bits per heavy atom. The third-order valence-corrected chi connectivity index (χ3v) is 2.90. The summed E-state index contributed by atoms with van der Waals surface area (Å²) in [6.45, 7) is 11.7. The molecule has 0 saturated heterocycles. The average molecular weight is 302 g/mol.